The van der Waals surface area contributed by atoms with Gasteiger partial charge in [-0.1, -0.05) is 60.7 Å². The quantitative estimate of drug-likeness (QED) is 0.509. The van der Waals surface area contributed by atoms with Crippen LogP contribution < -0.4 is 5.32 Å². The number of nitrogens with zero attached hydrogens (tertiary/aromatic N) is 1. The van der Waals surface area contributed by atoms with E-state index in [1.165, 1.54) is 0 Å². The average molecular weight is 443 g/mol. The summed E-state index contributed by atoms with van der Waals surface area (Å²) in [4.78, 5) is 12.3. The lowest BCUT2D eigenvalue weighted by Gasteiger charge is -2.20. The molecule has 0 bridgehead atoms. The number of rotatable bonds is 7. The van der Waals surface area contributed by atoms with Crippen molar-refractivity contribution in [2.45, 2.75) is 31.5 Å². The van der Waals surface area contributed by atoms with E-state index in [2.05, 4.69) is 29.6 Å². The first-order valence-electron chi connectivity index (χ1n) is 10.9. The number of amides is 1. The SMILES string of the molecule is Cc1ccc(C(O)C(O)CCNC(=O)OCC2c3ccccc3-c3ccccc32)c(C#N)c1. The highest BCUT2D eigenvalue weighted by atomic mass is 16.5. The van der Waals surface area contributed by atoms with E-state index in [9.17, 15) is 20.3 Å². The zero-order valence-electron chi connectivity index (χ0n) is 18.4. The van der Waals surface area contributed by atoms with Gasteiger partial charge in [0.1, 0.15) is 12.7 Å². The molecule has 0 saturated heterocycles. The van der Waals surface area contributed by atoms with E-state index >= 15 is 0 Å². The molecule has 1 aliphatic carbocycles. The van der Waals surface area contributed by atoms with Gasteiger partial charge in [-0.2, -0.15) is 5.26 Å². The van der Waals surface area contributed by atoms with Crippen LogP contribution in [-0.2, 0) is 4.74 Å². The lowest BCUT2D eigenvalue weighted by Crippen LogP contribution is -2.30. The molecule has 6 nitrogen and oxygen atoms in total. The minimum Gasteiger partial charge on any atom is -0.449 e. The monoisotopic (exact) mass is 442 g/mol. The largest absolute Gasteiger partial charge is 0.449 e. The number of nitrogens with one attached hydrogen (secondary N) is 1. The molecule has 3 aromatic carbocycles. The highest BCUT2D eigenvalue weighted by Gasteiger charge is 2.29. The van der Waals surface area contributed by atoms with Crippen LogP contribution in [0.15, 0.2) is 66.7 Å². The van der Waals surface area contributed by atoms with Crippen LogP contribution in [0.2, 0.25) is 0 Å². The summed E-state index contributed by atoms with van der Waals surface area (Å²) in [6.07, 6.45) is -2.81. The third kappa shape index (κ3) is 4.75. The van der Waals surface area contributed by atoms with Crippen LogP contribution in [0.25, 0.3) is 11.1 Å². The molecule has 0 heterocycles. The molecule has 0 aliphatic heterocycles. The minimum absolute atomic E-state index is 0.0264. The van der Waals surface area contributed by atoms with Gasteiger partial charge in [-0.05, 0) is 47.2 Å². The van der Waals surface area contributed by atoms with Crippen molar-refractivity contribution in [3.63, 3.8) is 0 Å². The fourth-order valence-electron chi connectivity index (χ4n) is 4.36. The lowest BCUT2D eigenvalue weighted by atomic mass is 9.96. The first-order chi connectivity index (χ1) is 16.0. The Morgan fingerprint density at radius 3 is 2.33 bits per heavy atom. The summed E-state index contributed by atoms with van der Waals surface area (Å²) in [6.45, 7) is 2.19. The number of benzene rings is 3. The first kappa shape index (κ1) is 22.5. The standard InChI is InChI=1S/C27H26N2O4/c1-17-10-11-19(18(14-17)15-28)26(31)25(30)12-13-29-27(32)33-16-24-22-8-4-2-6-20(22)21-7-3-5-9-23(21)24/h2-11,14,24-26,30-31H,12-13,16H2,1H3,(H,29,32). The molecule has 0 saturated carbocycles. The van der Waals surface area contributed by atoms with E-state index in [1.54, 1.807) is 18.2 Å². The second kappa shape index (κ2) is 9.86. The number of aliphatic hydroxyl groups is 2. The number of aryl methyl sites for hydroxylation is 1. The van der Waals surface area contributed by atoms with Gasteiger partial charge in [0.05, 0.1) is 17.7 Å². The van der Waals surface area contributed by atoms with Gasteiger partial charge >= 0.3 is 6.09 Å². The molecule has 0 radical (unpaired) electrons. The van der Waals surface area contributed by atoms with Crippen LogP contribution in [0, 0.1) is 18.3 Å². The Morgan fingerprint density at radius 2 is 1.70 bits per heavy atom. The summed E-state index contributed by atoms with van der Waals surface area (Å²) in [5, 5.41) is 32.7. The number of nitriles is 1. The van der Waals surface area contributed by atoms with Crippen molar-refractivity contribution in [3.8, 4) is 17.2 Å². The van der Waals surface area contributed by atoms with Crippen molar-refractivity contribution in [3.05, 3.63) is 94.5 Å². The van der Waals surface area contributed by atoms with Crippen molar-refractivity contribution < 1.29 is 19.7 Å². The van der Waals surface area contributed by atoms with Gasteiger partial charge in [0.2, 0.25) is 0 Å². The maximum atomic E-state index is 12.3. The van der Waals surface area contributed by atoms with Crippen LogP contribution in [0.3, 0.4) is 0 Å². The summed E-state index contributed by atoms with van der Waals surface area (Å²) in [6, 6.07) is 23.4. The zero-order valence-corrected chi connectivity index (χ0v) is 18.4. The van der Waals surface area contributed by atoms with Gasteiger partial charge in [-0.3, -0.25) is 0 Å². The number of ether oxygens (including phenoxy) is 1. The molecule has 0 spiro atoms. The Hall–Kier alpha value is -3.66. The summed E-state index contributed by atoms with van der Waals surface area (Å²) in [7, 11) is 0. The molecule has 2 unspecified atom stereocenters. The van der Waals surface area contributed by atoms with E-state index in [4.69, 9.17) is 4.74 Å². The molecular formula is C27H26N2O4. The van der Waals surface area contributed by atoms with Gasteiger partial charge in [-0.25, -0.2) is 4.79 Å². The van der Waals surface area contributed by atoms with Gasteiger partial charge in [-0.15, -0.1) is 0 Å². The van der Waals surface area contributed by atoms with Crippen molar-refractivity contribution in [2.24, 2.45) is 0 Å². The van der Waals surface area contributed by atoms with E-state index in [1.807, 2.05) is 37.3 Å². The molecule has 3 aromatic rings. The number of carbonyl (C=O) groups excluding carboxylic acids is 1. The second-order valence-corrected chi connectivity index (χ2v) is 8.26. The Balaban J connectivity index is 1.30. The number of carbonyl (C=O) groups is 1. The van der Waals surface area contributed by atoms with E-state index in [-0.39, 0.29) is 25.5 Å². The number of alkyl carbamates (subject to hydrolysis) is 1. The van der Waals surface area contributed by atoms with Gasteiger partial charge < -0.3 is 20.3 Å². The number of fused-ring (bicyclic) bond motifs is 3. The van der Waals surface area contributed by atoms with Crippen molar-refractivity contribution in [1.82, 2.24) is 5.32 Å². The predicted octanol–water partition coefficient (Wildman–Crippen LogP) is 4.19. The lowest BCUT2D eigenvalue weighted by molar-refractivity contribution is 0.0135. The molecular weight excluding hydrogens is 416 g/mol. The Kier molecular flexibility index (Phi) is 6.74. The van der Waals surface area contributed by atoms with Crippen LogP contribution in [0.5, 0.6) is 0 Å². The molecule has 0 aromatic heterocycles. The Morgan fingerprint density at radius 1 is 1.06 bits per heavy atom. The van der Waals surface area contributed by atoms with Crippen molar-refractivity contribution >= 4 is 6.09 Å². The van der Waals surface area contributed by atoms with Crippen molar-refractivity contribution in [2.75, 3.05) is 13.2 Å². The topological polar surface area (TPSA) is 103 Å². The Bertz CT molecular complexity index is 1160. The van der Waals surface area contributed by atoms with Crippen LogP contribution in [-0.4, -0.2) is 35.6 Å². The molecule has 3 N–H and O–H groups in total. The van der Waals surface area contributed by atoms with Gasteiger partial charge in [0, 0.05) is 18.0 Å². The molecule has 4 rings (SSSR count). The molecule has 2 atom stereocenters. The normalized spacial score (nSPS) is 14.0. The van der Waals surface area contributed by atoms with Crippen LogP contribution in [0.4, 0.5) is 4.79 Å². The highest BCUT2D eigenvalue weighted by Crippen LogP contribution is 2.44. The third-order valence-corrected chi connectivity index (χ3v) is 6.07. The van der Waals surface area contributed by atoms with Gasteiger partial charge in [0.25, 0.3) is 0 Å². The maximum absolute atomic E-state index is 12.3. The summed E-state index contributed by atoms with van der Waals surface area (Å²) in [5.41, 5.74) is 6.18. The van der Waals surface area contributed by atoms with Crippen molar-refractivity contribution in [1.29, 1.82) is 5.26 Å². The fraction of sp³-hybridized carbons (Fsp3) is 0.259. The maximum Gasteiger partial charge on any atom is 0.407 e. The van der Waals surface area contributed by atoms with E-state index < -0.39 is 18.3 Å². The predicted molar refractivity (Wildman–Crippen MR) is 125 cm³/mol. The second-order valence-electron chi connectivity index (χ2n) is 8.26. The summed E-state index contributed by atoms with van der Waals surface area (Å²) >= 11 is 0. The molecule has 168 valence electrons. The smallest absolute Gasteiger partial charge is 0.407 e. The minimum atomic E-state index is -1.22. The number of aliphatic hydroxyl groups excluding tert-OH is 2. The molecule has 1 amide bonds. The summed E-state index contributed by atoms with van der Waals surface area (Å²) < 4.78 is 5.48. The van der Waals surface area contributed by atoms with Crippen LogP contribution in [0.1, 0.15) is 46.3 Å². The summed E-state index contributed by atoms with van der Waals surface area (Å²) in [5.74, 6) is -0.0264. The molecule has 6 heteroatoms. The molecule has 1 aliphatic rings. The average Bonchev–Trinajstić information content (AvgIpc) is 3.16. The highest BCUT2D eigenvalue weighted by molar-refractivity contribution is 5.79. The van der Waals surface area contributed by atoms with E-state index in [0.29, 0.717) is 11.1 Å². The van der Waals surface area contributed by atoms with Gasteiger partial charge in [0.15, 0.2) is 0 Å². The first-order valence-corrected chi connectivity index (χ1v) is 10.9. The zero-order chi connectivity index (χ0) is 23.4. The number of hydrogen-bond acceptors (Lipinski definition) is 5. The van der Waals surface area contributed by atoms with E-state index in [0.717, 1.165) is 27.8 Å². The number of hydrogen-bond donors (Lipinski definition) is 3. The Labute approximate surface area is 193 Å². The third-order valence-electron chi connectivity index (χ3n) is 6.07. The fourth-order valence-corrected chi connectivity index (χ4v) is 4.36. The van der Waals surface area contributed by atoms with Crippen LogP contribution >= 0.6 is 0 Å². The molecule has 0 fully saturated rings. The molecule has 33 heavy (non-hydrogen) atoms.